The topological polar surface area (TPSA) is 75.6 Å². The summed E-state index contributed by atoms with van der Waals surface area (Å²) < 4.78 is 5.25. The lowest BCUT2D eigenvalue weighted by molar-refractivity contribution is -0.136. The van der Waals surface area contributed by atoms with Crippen molar-refractivity contribution in [3.8, 4) is 0 Å². The number of carbonyl (C=O) groups is 2. The maximum absolute atomic E-state index is 11.3. The van der Waals surface area contributed by atoms with E-state index in [9.17, 15) is 9.59 Å². The Balaban J connectivity index is 2.09. The van der Waals surface area contributed by atoms with Crippen molar-refractivity contribution in [2.45, 2.75) is 25.7 Å². The third kappa shape index (κ3) is 5.37. The summed E-state index contributed by atoms with van der Waals surface area (Å²) in [4.78, 5) is 21.5. The molecular weight excluding hydrogens is 198 g/mol. The zero-order valence-corrected chi connectivity index (χ0v) is 8.70. The zero-order valence-electron chi connectivity index (χ0n) is 8.70. The summed E-state index contributed by atoms with van der Waals surface area (Å²) in [6.45, 7) is 1.64. The number of amides is 1. The Bertz CT molecular complexity index is 223. The number of hydrogen-bond acceptors (Lipinski definition) is 3. The molecule has 0 aromatic heterocycles. The Morgan fingerprint density at radius 1 is 1.47 bits per heavy atom. The summed E-state index contributed by atoms with van der Waals surface area (Å²) in [7, 11) is 0. The van der Waals surface area contributed by atoms with Crippen molar-refractivity contribution in [1.82, 2.24) is 5.32 Å². The minimum atomic E-state index is -0.892. The first kappa shape index (κ1) is 12.0. The average molecular weight is 215 g/mol. The van der Waals surface area contributed by atoms with Crippen molar-refractivity contribution in [2.75, 3.05) is 19.8 Å². The average Bonchev–Trinajstić information content (AvgIpc) is 2.18. The minimum absolute atomic E-state index is 0.0209. The molecule has 0 aromatic carbocycles. The van der Waals surface area contributed by atoms with Crippen LogP contribution in [0.5, 0.6) is 0 Å². The normalized spacial score (nSPS) is 20.9. The van der Waals surface area contributed by atoms with Crippen molar-refractivity contribution in [1.29, 1.82) is 0 Å². The second-order valence-electron chi connectivity index (χ2n) is 3.78. The van der Waals surface area contributed by atoms with Crippen LogP contribution in [-0.2, 0) is 14.3 Å². The van der Waals surface area contributed by atoms with Gasteiger partial charge in [-0.15, -0.1) is 0 Å². The molecule has 15 heavy (non-hydrogen) atoms. The summed E-state index contributed by atoms with van der Waals surface area (Å²) in [5, 5.41) is 11.0. The Labute approximate surface area is 88.8 Å². The number of carbonyl (C=O) groups excluding carboxylic acids is 1. The summed E-state index contributed by atoms with van der Waals surface area (Å²) in [6.07, 6.45) is 2.45. The molecular formula is C10H17NO4. The van der Waals surface area contributed by atoms with Crippen LogP contribution in [0.15, 0.2) is 0 Å². The van der Waals surface area contributed by atoms with E-state index < -0.39 is 5.97 Å². The SMILES string of the molecule is O=C(O)CCNC(=O)CC1CCCOC1. The molecule has 0 spiro atoms. The molecule has 1 atom stereocenters. The quantitative estimate of drug-likeness (QED) is 0.695. The van der Waals surface area contributed by atoms with Gasteiger partial charge in [0, 0.05) is 26.2 Å². The van der Waals surface area contributed by atoms with Crippen LogP contribution in [-0.4, -0.2) is 36.7 Å². The third-order valence-electron chi connectivity index (χ3n) is 2.39. The second-order valence-corrected chi connectivity index (χ2v) is 3.78. The molecule has 2 N–H and O–H groups in total. The molecule has 1 amide bonds. The fraction of sp³-hybridized carbons (Fsp3) is 0.800. The molecule has 1 unspecified atom stereocenters. The molecule has 1 aliphatic heterocycles. The van der Waals surface area contributed by atoms with E-state index in [0.717, 1.165) is 19.4 Å². The highest BCUT2D eigenvalue weighted by molar-refractivity contribution is 5.77. The standard InChI is InChI=1S/C10H17NO4/c12-9(11-4-3-10(13)14)6-8-2-1-5-15-7-8/h8H,1-7H2,(H,11,12)(H,13,14). The van der Waals surface area contributed by atoms with Gasteiger partial charge >= 0.3 is 5.97 Å². The fourth-order valence-corrected chi connectivity index (χ4v) is 1.61. The van der Waals surface area contributed by atoms with E-state index in [4.69, 9.17) is 9.84 Å². The van der Waals surface area contributed by atoms with E-state index in [2.05, 4.69) is 5.32 Å². The van der Waals surface area contributed by atoms with Gasteiger partial charge in [0.1, 0.15) is 0 Å². The molecule has 0 bridgehead atoms. The van der Waals surface area contributed by atoms with Gasteiger partial charge in [-0.05, 0) is 18.8 Å². The highest BCUT2D eigenvalue weighted by Crippen LogP contribution is 2.16. The highest BCUT2D eigenvalue weighted by Gasteiger charge is 2.17. The minimum Gasteiger partial charge on any atom is -0.481 e. The van der Waals surface area contributed by atoms with Gasteiger partial charge in [0.05, 0.1) is 6.42 Å². The van der Waals surface area contributed by atoms with Crippen molar-refractivity contribution < 1.29 is 19.4 Å². The molecule has 5 nitrogen and oxygen atoms in total. The van der Waals surface area contributed by atoms with E-state index in [-0.39, 0.29) is 18.9 Å². The summed E-state index contributed by atoms with van der Waals surface area (Å²) in [5.74, 6) is -0.674. The first-order valence-electron chi connectivity index (χ1n) is 5.24. The Kier molecular flexibility index (Phi) is 5.10. The highest BCUT2D eigenvalue weighted by atomic mass is 16.5. The fourth-order valence-electron chi connectivity index (χ4n) is 1.61. The van der Waals surface area contributed by atoms with Crippen LogP contribution in [0.25, 0.3) is 0 Å². The second kappa shape index (κ2) is 6.40. The van der Waals surface area contributed by atoms with Gasteiger partial charge in [-0.25, -0.2) is 0 Å². The van der Waals surface area contributed by atoms with Crippen LogP contribution in [0.1, 0.15) is 25.7 Å². The van der Waals surface area contributed by atoms with Gasteiger partial charge in [0.25, 0.3) is 0 Å². The number of hydrogen-bond donors (Lipinski definition) is 2. The smallest absolute Gasteiger partial charge is 0.305 e. The molecule has 1 aliphatic rings. The number of carboxylic acid groups (broad SMARTS) is 1. The molecule has 0 aromatic rings. The van der Waals surface area contributed by atoms with Crippen LogP contribution < -0.4 is 5.32 Å². The van der Waals surface area contributed by atoms with Gasteiger partial charge in [-0.2, -0.15) is 0 Å². The van der Waals surface area contributed by atoms with E-state index >= 15 is 0 Å². The lowest BCUT2D eigenvalue weighted by atomic mass is 9.98. The maximum atomic E-state index is 11.3. The van der Waals surface area contributed by atoms with Crippen LogP contribution in [0.2, 0.25) is 0 Å². The number of ether oxygens (including phenoxy) is 1. The maximum Gasteiger partial charge on any atom is 0.305 e. The number of nitrogens with one attached hydrogen (secondary N) is 1. The van der Waals surface area contributed by atoms with Crippen LogP contribution in [0.4, 0.5) is 0 Å². The number of rotatable bonds is 5. The predicted molar refractivity (Wildman–Crippen MR) is 53.4 cm³/mol. The van der Waals surface area contributed by atoms with Crippen molar-refractivity contribution in [3.63, 3.8) is 0 Å². The van der Waals surface area contributed by atoms with E-state index in [1.807, 2.05) is 0 Å². The van der Waals surface area contributed by atoms with E-state index in [1.54, 1.807) is 0 Å². The van der Waals surface area contributed by atoms with E-state index in [1.165, 1.54) is 0 Å². The van der Waals surface area contributed by atoms with Crippen molar-refractivity contribution >= 4 is 11.9 Å². The molecule has 0 aliphatic carbocycles. The Morgan fingerprint density at radius 2 is 2.27 bits per heavy atom. The molecule has 0 radical (unpaired) electrons. The summed E-state index contributed by atoms with van der Waals surface area (Å²) in [5.41, 5.74) is 0. The molecule has 1 fully saturated rings. The number of carboxylic acids is 1. The summed E-state index contributed by atoms with van der Waals surface area (Å²) in [6, 6.07) is 0. The molecule has 1 rings (SSSR count). The van der Waals surface area contributed by atoms with Crippen LogP contribution >= 0.6 is 0 Å². The summed E-state index contributed by atoms with van der Waals surface area (Å²) >= 11 is 0. The number of aliphatic carboxylic acids is 1. The third-order valence-corrected chi connectivity index (χ3v) is 2.39. The zero-order chi connectivity index (χ0) is 11.1. The first-order chi connectivity index (χ1) is 7.18. The lowest BCUT2D eigenvalue weighted by Crippen LogP contribution is -2.30. The molecule has 5 heteroatoms. The van der Waals surface area contributed by atoms with Crippen molar-refractivity contribution in [3.05, 3.63) is 0 Å². The Morgan fingerprint density at radius 3 is 2.87 bits per heavy atom. The van der Waals surface area contributed by atoms with Gasteiger partial charge in [0.2, 0.25) is 5.91 Å². The largest absolute Gasteiger partial charge is 0.481 e. The van der Waals surface area contributed by atoms with Crippen LogP contribution in [0.3, 0.4) is 0 Å². The van der Waals surface area contributed by atoms with Gasteiger partial charge in [0.15, 0.2) is 0 Å². The monoisotopic (exact) mass is 215 g/mol. The van der Waals surface area contributed by atoms with Gasteiger partial charge in [-0.3, -0.25) is 9.59 Å². The lowest BCUT2D eigenvalue weighted by Gasteiger charge is -2.21. The molecule has 1 saturated heterocycles. The first-order valence-corrected chi connectivity index (χ1v) is 5.24. The van der Waals surface area contributed by atoms with Crippen molar-refractivity contribution in [2.24, 2.45) is 5.92 Å². The van der Waals surface area contributed by atoms with Gasteiger partial charge in [-0.1, -0.05) is 0 Å². The van der Waals surface area contributed by atoms with Crippen LogP contribution in [0, 0.1) is 5.92 Å². The predicted octanol–water partition coefficient (Wildman–Crippen LogP) is 0.394. The van der Waals surface area contributed by atoms with Gasteiger partial charge < -0.3 is 15.2 Å². The molecule has 86 valence electrons. The van der Waals surface area contributed by atoms with E-state index in [0.29, 0.717) is 18.9 Å². The molecule has 1 heterocycles. The Hall–Kier alpha value is -1.10. The molecule has 0 saturated carbocycles.